The van der Waals surface area contributed by atoms with Gasteiger partial charge in [0.2, 0.25) is 15.9 Å². The highest BCUT2D eigenvalue weighted by Gasteiger charge is 2.26. The van der Waals surface area contributed by atoms with Crippen molar-refractivity contribution in [1.82, 2.24) is 4.72 Å². The van der Waals surface area contributed by atoms with E-state index in [1.54, 1.807) is 24.3 Å². The van der Waals surface area contributed by atoms with Crippen LogP contribution in [0.3, 0.4) is 0 Å². The van der Waals surface area contributed by atoms with Crippen molar-refractivity contribution in [3.63, 3.8) is 0 Å². The summed E-state index contributed by atoms with van der Waals surface area (Å²) < 4.78 is 33.8. The molecular formula is C23H22Cl2N2O4S. The lowest BCUT2D eigenvalue weighted by Gasteiger charge is -2.19. The number of hydrogen-bond donors (Lipinski definition) is 2. The van der Waals surface area contributed by atoms with Gasteiger partial charge in [-0.3, -0.25) is 4.79 Å². The fourth-order valence-corrected chi connectivity index (χ4v) is 4.47. The van der Waals surface area contributed by atoms with Crippen molar-refractivity contribution in [2.75, 3.05) is 11.9 Å². The van der Waals surface area contributed by atoms with Crippen molar-refractivity contribution in [2.24, 2.45) is 0 Å². The largest absolute Gasteiger partial charge is 0.494 e. The second-order valence-electron chi connectivity index (χ2n) is 6.89. The summed E-state index contributed by atoms with van der Waals surface area (Å²) in [5.74, 6) is 0.0337. The van der Waals surface area contributed by atoms with Gasteiger partial charge in [-0.1, -0.05) is 53.5 Å². The minimum absolute atomic E-state index is 0.0290. The van der Waals surface area contributed by atoms with Gasteiger partial charge in [0.15, 0.2) is 0 Å². The Balaban J connectivity index is 1.84. The van der Waals surface area contributed by atoms with Gasteiger partial charge < -0.3 is 10.1 Å². The van der Waals surface area contributed by atoms with Gasteiger partial charge in [0, 0.05) is 5.69 Å². The van der Waals surface area contributed by atoms with Gasteiger partial charge in [0.1, 0.15) is 11.8 Å². The van der Waals surface area contributed by atoms with E-state index in [0.717, 1.165) is 5.56 Å². The van der Waals surface area contributed by atoms with Gasteiger partial charge in [0.25, 0.3) is 0 Å². The minimum Gasteiger partial charge on any atom is -0.494 e. The number of sulfonamides is 1. The van der Waals surface area contributed by atoms with Crippen LogP contribution in [0.15, 0.2) is 77.7 Å². The zero-order valence-corrected chi connectivity index (χ0v) is 19.5. The Bertz CT molecular complexity index is 1170. The Hall–Kier alpha value is -2.58. The van der Waals surface area contributed by atoms with Crippen LogP contribution < -0.4 is 14.8 Å². The molecule has 0 bridgehead atoms. The normalized spacial score (nSPS) is 12.2. The molecule has 1 unspecified atom stereocenters. The highest BCUT2D eigenvalue weighted by molar-refractivity contribution is 7.89. The van der Waals surface area contributed by atoms with Crippen molar-refractivity contribution < 1.29 is 17.9 Å². The molecule has 9 heteroatoms. The monoisotopic (exact) mass is 492 g/mol. The van der Waals surface area contributed by atoms with Crippen LogP contribution in [0, 0.1) is 0 Å². The predicted molar refractivity (Wildman–Crippen MR) is 127 cm³/mol. The van der Waals surface area contributed by atoms with E-state index in [1.165, 1.54) is 18.2 Å². The third kappa shape index (κ3) is 6.46. The van der Waals surface area contributed by atoms with Gasteiger partial charge in [-0.05, 0) is 61.4 Å². The Morgan fingerprint density at radius 1 is 0.969 bits per heavy atom. The molecule has 0 aliphatic heterocycles. The van der Waals surface area contributed by atoms with E-state index in [0.29, 0.717) is 23.1 Å². The Kier molecular flexibility index (Phi) is 8.15. The summed E-state index contributed by atoms with van der Waals surface area (Å²) in [4.78, 5) is 13.1. The molecule has 3 aromatic carbocycles. The van der Waals surface area contributed by atoms with Crippen LogP contribution in [0.4, 0.5) is 5.69 Å². The average Bonchev–Trinajstić information content (AvgIpc) is 2.77. The van der Waals surface area contributed by atoms with Gasteiger partial charge in [-0.2, -0.15) is 4.72 Å². The predicted octanol–water partition coefficient (Wildman–Crippen LogP) is 4.92. The number of ether oxygens (including phenoxy) is 1. The van der Waals surface area contributed by atoms with E-state index < -0.39 is 22.0 Å². The third-order valence-electron chi connectivity index (χ3n) is 4.53. The molecule has 2 N–H and O–H groups in total. The average molecular weight is 493 g/mol. The lowest BCUT2D eigenvalue weighted by atomic mass is 10.1. The third-order valence-corrected chi connectivity index (χ3v) is 6.76. The number of anilines is 1. The Labute approximate surface area is 197 Å². The molecule has 6 nitrogen and oxygen atoms in total. The van der Waals surface area contributed by atoms with Crippen molar-refractivity contribution in [1.29, 1.82) is 0 Å². The maximum absolute atomic E-state index is 13.0. The summed E-state index contributed by atoms with van der Waals surface area (Å²) in [6.07, 6.45) is 0.157. The van der Waals surface area contributed by atoms with Crippen molar-refractivity contribution in [2.45, 2.75) is 24.3 Å². The number of carbonyl (C=O) groups excluding carboxylic acids is 1. The van der Waals surface area contributed by atoms with E-state index in [9.17, 15) is 13.2 Å². The van der Waals surface area contributed by atoms with E-state index in [1.807, 2.05) is 37.3 Å². The number of amides is 1. The number of benzene rings is 3. The fraction of sp³-hybridized carbons (Fsp3) is 0.174. The highest BCUT2D eigenvalue weighted by Crippen LogP contribution is 2.25. The van der Waals surface area contributed by atoms with Crippen LogP contribution in [0.5, 0.6) is 5.75 Å². The molecule has 32 heavy (non-hydrogen) atoms. The molecule has 0 spiro atoms. The van der Waals surface area contributed by atoms with Crippen LogP contribution in [-0.2, 0) is 21.2 Å². The number of halogens is 2. The molecule has 0 saturated carbocycles. The molecule has 3 aromatic rings. The first-order valence-electron chi connectivity index (χ1n) is 9.83. The van der Waals surface area contributed by atoms with Crippen LogP contribution in [0.2, 0.25) is 10.0 Å². The Morgan fingerprint density at radius 2 is 1.66 bits per heavy atom. The number of carbonyl (C=O) groups is 1. The molecule has 1 amide bonds. The molecule has 1 atom stereocenters. The molecular weight excluding hydrogens is 471 g/mol. The molecule has 168 valence electrons. The van der Waals surface area contributed by atoms with Crippen molar-refractivity contribution >= 4 is 44.8 Å². The van der Waals surface area contributed by atoms with Crippen LogP contribution in [0.25, 0.3) is 0 Å². The second-order valence-corrected chi connectivity index (χ2v) is 9.41. The summed E-state index contributed by atoms with van der Waals surface area (Å²) in [5, 5.41) is 3.33. The summed E-state index contributed by atoms with van der Waals surface area (Å²) in [7, 11) is -3.98. The molecule has 0 fully saturated rings. The highest BCUT2D eigenvalue weighted by atomic mass is 35.5. The molecule has 0 radical (unpaired) electrons. The summed E-state index contributed by atoms with van der Waals surface area (Å²) in [6.45, 7) is 2.31. The number of rotatable bonds is 9. The molecule has 0 heterocycles. The molecule has 3 rings (SSSR count). The van der Waals surface area contributed by atoms with Gasteiger partial charge in [-0.25, -0.2) is 8.42 Å². The van der Waals surface area contributed by atoms with Gasteiger partial charge in [-0.15, -0.1) is 0 Å². The van der Waals surface area contributed by atoms with Crippen LogP contribution in [0.1, 0.15) is 12.5 Å². The van der Waals surface area contributed by atoms with E-state index >= 15 is 0 Å². The molecule has 0 aromatic heterocycles. The first-order chi connectivity index (χ1) is 15.3. The Morgan fingerprint density at radius 3 is 2.28 bits per heavy atom. The lowest BCUT2D eigenvalue weighted by molar-refractivity contribution is -0.117. The first kappa shape index (κ1) is 24.1. The SMILES string of the molecule is CCOc1ccc(S(=O)(=O)NC(Cc2ccccc2)C(=O)Nc2ccc(Cl)c(Cl)c2)cc1. The molecule has 0 saturated heterocycles. The smallest absolute Gasteiger partial charge is 0.242 e. The zero-order valence-electron chi connectivity index (χ0n) is 17.2. The quantitative estimate of drug-likeness (QED) is 0.443. The second kappa shape index (κ2) is 10.8. The van der Waals surface area contributed by atoms with Gasteiger partial charge >= 0.3 is 0 Å². The van der Waals surface area contributed by atoms with Gasteiger partial charge in [0.05, 0.1) is 21.5 Å². The molecule has 0 aliphatic rings. The zero-order chi connectivity index (χ0) is 23.1. The number of nitrogens with one attached hydrogen (secondary N) is 2. The van der Waals surface area contributed by atoms with Crippen LogP contribution in [-0.4, -0.2) is 27.0 Å². The van der Waals surface area contributed by atoms with Crippen molar-refractivity contribution in [3.05, 3.63) is 88.4 Å². The van der Waals surface area contributed by atoms with Crippen molar-refractivity contribution in [3.8, 4) is 5.75 Å². The summed E-state index contributed by atoms with van der Waals surface area (Å²) in [6, 6.07) is 18.7. The van der Waals surface area contributed by atoms with E-state index in [2.05, 4.69) is 10.0 Å². The summed E-state index contributed by atoms with van der Waals surface area (Å²) >= 11 is 12.0. The standard InChI is InChI=1S/C23H22Cl2N2O4S/c1-2-31-18-9-11-19(12-10-18)32(29,30)27-22(14-16-6-4-3-5-7-16)23(28)26-17-8-13-20(24)21(25)15-17/h3-13,15,22,27H,2,14H2,1H3,(H,26,28). The topological polar surface area (TPSA) is 84.5 Å². The van der Waals surface area contributed by atoms with E-state index in [4.69, 9.17) is 27.9 Å². The first-order valence-corrected chi connectivity index (χ1v) is 12.1. The molecule has 0 aliphatic carbocycles. The maximum Gasteiger partial charge on any atom is 0.242 e. The summed E-state index contributed by atoms with van der Waals surface area (Å²) in [5.41, 5.74) is 1.21. The lowest BCUT2D eigenvalue weighted by Crippen LogP contribution is -2.45. The maximum atomic E-state index is 13.0. The fourth-order valence-electron chi connectivity index (χ4n) is 2.98. The van der Waals surface area contributed by atoms with Crippen LogP contribution >= 0.6 is 23.2 Å². The number of hydrogen-bond acceptors (Lipinski definition) is 4. The minimum atomic E-state index is -3.98. The van der Waals surface area contributed by atoms with E-state index in [-0.39, 0.29) is 16.3 Å².